The van der Waals surface area contributed by atoms with Crippen molar-refractivity contribution in [1.82, 2.24) is 10.0 Å². The minimum absolute atomic E-state index is 0.0373. The molecule has 1 saturated heterocycles. The van der Waals surface area contributed by atoms with Crippen LogP contribution in [0, 0.1) is 23.7 Å². The lowest BCUT2D eigenvalue weighted by Crippen LogP contribution is -2.52. The third-order valence-electron chi connectivity index (χ3n) is 7.07. The van der Waals surface area contributed by atoms with E-state index in [4.69, 9.17) is 34.8 Å². The molecular formula is C24H17Br2Cl3N2O4. The van der Waals surface area contributed by atoms with Crippen LogP contribution in [0.5, 0.6) is 0 Å². The number of carbonyl (C=O) groups is 4. The molecule has 0 radical (unpaired) electrons. The number of ketones is 1. The Kier molecular flexibility index (Phi) is 6.81. The van der Waals surface area contributed by atoms with E-state index in [9.17, 15) is 19.2 Å². The molecule has 2 aromatic carbocycles. The maximum atomic E-state index is 13.6. The van der Waals surface area contributed by atoms with Crippen molar-refractivity contribution in [2.24, 2.45) is 23.7 Å². The molecule has 2 saturated carbocycles. The van der Waals surface area contributed by atoms with E-state index in [1.807, 2.05) is 0 Å². The second-order valence-electron chi connectivity index (χ2n) is 8.91. The SMILES string of the molecule is O=C(CN(C(=O)c1ccc(Cl)c(Cl)c1)N1C(=O)[C@@H]2[C@H]3C[C@@H]([C@H](Br)[C@H]3Br)[C@H]2C1=O)c1ccc(Cl)cc1. The van der Waals surface area contributed by atoms with Gasteiger partial charge in [-0.15, -0.1) is 0 Å². The molecule has 2 aromatic rings. The Morgan fingerprint density at radius 3 is 1.94 bits per heavy atom. The van der Waals surface area contributed by atoms with E-state index in [-0.39, 0.29) is 37.1 Å². The third-order valence-corrected chi connectivity index (χ3v) is 11.3. The molecule has 3 fully saturated rings. The molecule has 0 spiro atoms. The van der Waals surface area contributed by atoms with Crippen molar-refractivity contribution in [3.63, 3.8) is 0 Å². The minimum atomic E-state index is -0.703. The van der Waals surface area contributed by atoms with Crippen LogP contribution in [0.1, 0.15) is 27.1 Å². The van der Waals surface area contributed by atoms with Crippen LogP contribution in [-0.4, -0.2) is 49.7 Å². The van der Waals surface area contributed by atoms with Crippen LogP contribution in [0.2, 0.25) is 15.1 Å². The summed E-state index contributed by atoms with van der Waals surface area (Å²) in [6, 6.07) is 10.4. The number of imide groups is 1. The van der Waals surface area contributed by atoms with Crippen molar-refractivity contribution < 1.29 is 19.2 Å². The average Bonchev–Trinajstić information content (AvgIpc) is 3.44. The van der Waals surface area contributed by atoms with Crippen molar-refractivity contribution >= 4 is 90.2 Å². The van der Waals surface area contributed by atoms with E-state index in [0.29, 0.717) is 10.6 Å². The molecule has 1 heterocycles. The fraction of sp³-hybridized carbons (Fsp3) is 0.333. The number of fused-ring (bicyclic) bond motifs is 5. The Morgan fingerprint density at radius 1 is 0.857 bits per heavy atom. The van der Waals surface area contributed by atoms with E-state index in [1.54, 1.807) is 12.1 Å². The zero-order valence-electron chi connectivity index (χ0n) is 17.8. The number of benzene rings is 2. The third kappa shape index (κ3) is 4.15. The summed E-state index contributed by atoms with van der Waals surface area (Å²) in [5.41, 5.74) is 0.391. The lowest BCUT2D eigenvalue weighted by atomic mass is 9.81. The minimum Gasteiger partial charge on any atom is -0.292 e. The quantitative estimate of drug-likeness (QED) is 0.235. The van der Waals surface area contributed by atoms with Gasteiger partial charge < -0.3 is 0 Å². The van der Waals surface area contributed by atoms with Gasteiger partial charge in [0.25, 0.3) is 17.7 Å². The van der Waals surface area contributed by atoms with E-state index in [1.165, 1.54) is 30.3 Å². The van der Waals surface area contributed by atoms with Gasteiger partial charge in [0.1, 0.15) is 6.54 Å². The molecule has 3 aliphatic rings. The lowest BCUT2D eigenvalue weighted by molar-refractivity contribution is -0.154. The van der Waals surface area contributed by atoms with Crippen LogP contribution in [0.15, 0.2) is 42.5 Å². The van der Waals surface area contributed by atoms with E-state index < -0.39 is 41.9 Å². The Morgan fingerprint density at radius 2 is 1.40 bits per heavy atom. The van der Waals surface area contributed by atoms with Crippen molar-refractivity contribution in [3.05, 3.63) is 68.7 Å². The van der Waals surface area contributed by atoms with Crippen molar-refractivity contribution in [3.8, 4) is 0 Å². The second-order valence-corrected chi connectivity index (χ2v) is 12.3. The molecule has 0 N–H and O–H groups in total. The number of nitrogens with zero attached hydrogens (tertiary/aromatic N) is 2. The van der Waals surface area contributed by atoms with Crippen molar-refractivity contribution in [2.45, 2.75) is 16.1 Å². The first-order valence-corrected chi connectivity index (χ1v) is 13.8. The summed E-state index contributed by atoms with van der Waals surface area (Å²) in [6.45, 7) is -0.511. The van der Waals surface area contributed by atoms with Gasteiger partial charge in [-0.3, -0.25) is 19.2 Å². The molecular weight excluding hydrogens is 646 g/mol. The average molecular weight is 664 g/mol. The van der Waals surface area contributed by atoms with E-state index in [2.05, 4.69) is 31.9 Å². The van der Waals surface area contributed by atoms with Gasteiger partial charge in [0.05, 0.1) is 21.9 Å². The molecule has 11 heteroatoms. The largest absolute Gasteiger partial charge is 0.292 e. The molecule has 35 heavy (non-hydrogen) atoms. The highest BCUT2D eigenvalue weighted by Crippen LogP contribution is 2.60. The Bertz CT molecular complexity index is 1230. The Labute approximate surface area is 233 Å². The summed E-state index contributed by atoms with van der Waals surface area (Å²) in [4.78, 5) is 54.0. The molecule has 1 aliphatic heterocycles. The van der Waals surface area contributed by atoms with Crippen LogP contribution in [-0.2, 0) is 9.59 Å². The zero-order valence-corrected chi connectivity index (χ0v) is 23.3. The van der Waals surface area contributed by atoms with Crippen LogP contribution in [0.4, 0.5) is 0 Å². The number of hydrogen-bond acceptors (Lipinski definition) is 4. The number of rotatable bonds is 5. The van der Waals surface area contributed by atoms with Gasteiger partial charge in [-0.05, 0) is 60.7 Å². The summed E-state index contributed by atoms with van der Waals surface area (Å²) in [5, 5.41) is 2.65. The summed E-state index contributed by atoms with van der Waals surface area (Å²) >= 11 is 25.4. The lowest BCUT2D eigenvalue weighted by Gasteiger charge is -2.31. The zero-order chi connectivity index (χ0) is 25.2. The smallest absolute Gasteiger partial charge is 0.273 e. The molecule has 2 bridgehead atoms. The summed E-state index contributed by atoms with van der Waals surface area (Å²) < 4.78 is 0. The number of Topliss-reactive ketones (excluding diaryl/α,β-unsaturated/α-hetero) is 1. The van der Waals surface area contributed by atoms with Crippen molar-refractivity contribution in [2.75, 3.05) is 6.54 Å². The molecule has 6 atom stereocenters. The molecule has 182 valence electrons. The maximum absolute atomic E-state index is 13.6. The number of carbonyl (C=O) groups excluding carboxylic acids is 4. The maximum Gasteiger partial charge on any atom is 0.273 e. The van der Waals surface area contributed by atoms with Crippen molar-refractivity contribution in [1.29, 1.82) is 0 Å². The number of halogens is 5. The van der Waals surface area contributed by atoms with Gasteiger partial charge in [-0.1, -0.05) is 66.7 Å². The number of hydrogen-bond donors (Lipinski definition) is 0. The predicted octanol–water partition coefficient (Wildman–Crippen LogP) is 5.66. The first kappa shape index (κ1) is 25.2. The van der Waals surface area contributed by atoms with Crippen LogP contribution in [0.3, 0.4) is 0 Å². The van der Waals surface area contributed by atoms with E-state index in [0.717, 1.165) is 16.4 Å². The summed E-state index contributed by atoms with van der Waals surface area (Å²) in [6.07, 6.45) is 0.747. The van der Waals surface area contributed by atoms with Gasteiger partial charge in [-0.2, -0.15) is 5.01 Å². The molecule has 0 unspecified atom stereocenters. The molecule has 3 amide bonds. The first-order valence-electron chi connectivity index (χ1n) is 10.8. The summed E-state index contributed by atoms with van der Waals surface area (Å²) in [7, 11) is 0. The molecule has 5 rings (SSSR count). The molecule has 6 nitrogen and oxygen atoms in total. The number of alkyl halides is 2. The van der Waals surface area contributed by atoms with Crippen LogP contribution in [0.25, 0.3) is 0 Å². The number of hydrazine groups is 1. The highest BCUT2D eigenvalue weighted by Gasteiger charge is 2.67. The highest BCUT2D eigenvalue weighted by atomic mass is 79.9. The van der Waals surface area contributed by atoms with Gasteiger partial charge in [-0.25, -0.2) is 5.01 Å². The van der Waals surface area contributed by atoms with Gasteiger partial charge in [0.2, 0.25) is 0 Å². The fourth-order valence-corrected chi connectivity index (χ4v) is 7.74. The monoisotopic (exact) mass is 660 g/mol. The number of amides is 3. The van der Waals surface area contributed by atoms with Crippen LogP contribution >= 0.6 is 66.7 Å². The van der Waals surface area contributed by atoms with Gasteiger partial charge in [0.15, 0.2) is 5.78 Å². The highest BCUT2D eigenvalue weighted by molar-refractivity contribution is 9.12. The molecule has 0 aromatic heterocycles. The Balaban J connectivity index is 1.52. The standard InChI is InChI=1S/C24H17Br2Cl3N2O4/c25-20-13-8-14(21(20)26)19-18(13)23(34)31(24(19)35)30(9-17(32)10-1-4-12(27)5-2-10)22(33)11-3-6-15(28)16(29)7-11/h1-7,13-14,18-21H,8-9H2/t13-,14-,18-,19-,20+,21+/m1/s1. The summed E-state index contributed by atoms with van der Waals surface area (Å²) in [5.74, 6) is -3.24. The first-order chi connectivity index (χ1) is 16.6. The van der Waals surface area contributed by atoms with Gasteiger partial charge >= 0.3 is 0 Å². The second kappa shape index (κ2) is 9.45. The van der Waals surface area contributed by atoms with E-state index >= 15 is 0 Å². The Hall–Kier alpha value is -1.45. The fourth-order valence-electron chi connectivity index (χ4n) is 5.45. The van der Waals surface area contributed by atoms with Crippen LogP contribution < -0.4 is 0 Å². The predicted molar refractivity (Wildman–Crippen MR) is 139 cm³/mol. The normalized spacial score (nSPS) is 29.0. The molecule has 2 aliphatic carbocycles. The van der Waals surface area contributed by atoms with Gasteiger partial charge in [0, 0.05) is 25.8 Å². The topological polar surface area (TPSA) is 74.8 Å².